The Bertz CT molecular complexity index is 447. The first-order chi connectivity index (χ1) is 9.38. The number of pyridine rings is 1. The molecule has 20 heavy (non-hydrogen) atoms. The topological polar surface area (TPSA) is 24.9 Å². The van der Waals surface area contributed by atoms with E-state index in [2.05, 4.69) is 10.3 Å². The van der Waals surface area contributed by atoms with Gasteiger partial charge in [0.1, 0.15) is 0 Å². The Balaban J connectivity index is 2.55. The molecular formula is C15H21F3N2. The molecule has 0 saturated carbocycles. The molecular weight excluding hydrogens is 265 g/mol. The SMILES string of the molecule is CC(C)C1(c2cnccc2C(F)(F)F)CCCCCN1. The molecule has 1 atom stereocenters. The van der Waals surface area contributed by atoms with Crippen molar-refractivity contribution in [2.45, 2.75) is 51.2 Å². The van der Waals surface area contributed by atoms with Gasteiger partial charge >= 0.3 is 6.18 Å². The fourth-order valence-electron chi connectivity index (χ4n) is 3.14. The van der Waals surface area contributed by atoms with E-state index in [-0.39, 0.29) is 5.92 Å². The molecule has 1 saturated heterocycles. The van der Waals surface area contributed by atoms with Gasteiger partial charge in [-0.25, -0.2) is 0 Å². The van der Waals surface area contributed by atoms with Crippen LogP contribution in [0.25, 0.3) is 0 Å². The number of alkyl halides is 3. The standard InChI is InChI=1S/C15H21F3N2/c1-11(2)14(7-4-3-5-8-20-14)13-10-19-9-6-12(13)15(16,17)18/h6,9-11,20H,3-5,7-8H2,1-2H3. The Morgan fingerprint density at radius 2 is 2.00 bits per heavy atom. The van der Waals surface area contributed by atoms with E-state index in [4.69, 9.17) is 0 Å². The zero-order chi connectivity index (χ0) is 14.8. The lowest BCUT2D eigenvalue weighted by Gasteiger charge is -2.39. The van der Waals surface area contributed by atoms with Gasteiger partial charge < -0.3 is 5.32 Å². The summed E-state index contributed by atoms with van der Waals surface area (Å²) in [4.78, 5) is 3.95. The smallest absolute Gasteiger partial charge is 0.307 e. The first-order valence-corrected chi connectivity index (χ1v) is 7.14. The molecule has 2 rings (SSSR count). The average molecular weight is 286 g/mol. The number of halogens is 3. The molecule has 112 valence electrons. The minimum atomic E-state index is -4.34. The zero-order valence-electron chi connectivity index (χ0n) is 11.9. The molecule has 0 spiro atoms. The summed E-state index contributed by atoms with van der Waals surface area (Å²) in [5, 5.41) is 3.38. The number of aromatic nitrogens is 1. The molecule has 1 aromatic rings. The molecule has 1 fully saturated rings. The third kappa shape index (κ3) is 2.82. The van der Waals surface area contributed by atoms with Gasteiger partial charge in [0.25, 0.3) is 0 Å². The number of hydrogen-bond acceptors (Lipinski definition) is 2. The van der Waals surface area contributed by atoms with Crippen molar-refractivity contribution in [3.8, 4) is 0 Å². The molecule has 1 aliphatic heterocycles. The van der Waals surface area contributed by atoms with Crippen molar-refractivity contribution >= 4 is 0 Å². The van der Waals surface area contributed by atoms with Gasteiger partial charge in [-0.05, 0) is 31.4 Å². The summed E-state index contributed by atoms with van der Waals surface area (Å²) in [6.45, 7) is 4.71. The Morgan fingerprint density at radius 1 is 1.25 bits per heavy atom. The first-order valence-electron chi connectivity index (χ1n) is 7.14. The van der Waals surface area contributed by atoms with Crippen LogP contribution in [0, 0.1) is 5.92 Å². The highest BCUT2D eigenvalue weighted by molar-refractivity contribution is 5.34. The van der Waals surface area contributed by atoms with Crippen LogP contribution in [-0.2, 0) is 11.7 Å². The van der Waals surface area contributed by atoms with Crippen molar-refractivity contribution in [3.05, 3.63) is 29.6 Å². The summed E-state index contributed by atoms with van der Waals surface area (Å²) in [6, 6.07) is 1.09. The highest BCUT2D eigenvalue weighted by Gasteiger charge is 2.43. The maximum Gasteiger partial charge on any atom is 0.416 e. The average Bonchev–Trinajstić information content (AvgIpc) is 2.64. The molecule has 1 aliphatic rings. The van der Waals surface area contributed by atoms with Crippen molar-refractivity contribution in [1.82, 2.24) is 10.3 Å². The lowest BCUT2D eigenvalue weighted by atomic mass is 9.75. The molecule has 2 heterocycles. The Labute approximate surface area is 117 Å². The van der Waals surface area contributed by atoms with Crippen LogP contribution in [0.1, 0.15) is 50.7 Å². The van der Waals surface area contributed by atoms with Crippen molar-refractivity contribution in [2.24, 2.45) is 5.92 Å². The summed E-state index contributed by atoms with van der Waals surface area (Å²) in [5.41, 5.74) is -0.893. The largest absolute Gasteiger partial charge is 0.416 e. The van der Waals surface area contributed by atoms with E-state index >= 15 is 0 Å². The Hall–Kier alpha value is -1.10. The monoisotopic (exact) mass is 286 g/mol. The third-order valence-electron chi connectivity index (χ3n) is 4.28. The Morgan fingerprint density at radius 3 is 2.65 bits per heavy atom. The van der Waals surface area contributed by atoms with Crippen molar-refractivity contribution < 1.29 is 13.2 Å². The van der Waals surface area contributed by atoms with Crippen LogP contribution in [0.15, 0.2) is 18.5 Å². The first kappa shape index (κ1) is 15.3. The van der Waals surface area contributed by atoms with Crippen LogP contribution in [-0.4, -0.2) is 11.5 Å². The van der Waals surface area contributed by atoms with Gasteiger partial charge in [0.15, 0.2) is 0 Å². The second kappa shape index (κ2) is 5.72. The summed E-state index contributed by atoms with van der Waals surface area (Å²) in [6.07, 6.45) is 2.00. The van der Waals surface area contributed by atoms with Gasteiger partial charge in [-0.3, -0.25) is 4.98 Å². The molecule has 0 bridgehead atoms. The predicted molar refractivity (Wildman–Crippen MR) is 72.2 cm³/mol. The summed E-state index contributed by atoms with van der Waals surface area (Å²) < 4.78 is 39.8. The van der Waals surface area contributed by atoms with E-state index in [0.717, 1.165) is 38.3 Å². The highest BCUT2D eigenvalue weighted by atomic mass is 19.4. The van der Waals surface area contributed by atoms with Crippen molar-refractivity contribution in [2.75, 3.05) is 6.54 Å². The van der Waals surface area contributed by atoms with Crippen LogP contribution < -0.4 is 5.32 Å². The highest BCUT2D eigenvalue weighted by Crippen LogP contribution is 2.42. The molecule has 0 amide bonds. The van der Waals surface area contributed by atoms with Crippen LogP contribution in [0.3, 0.4) is 0 Å². The van der Waals surface area contributed by atoms with E-state index in [1.807, 2.05) is 13.8 Å². The van der Waals surface area contributed by atoms with Crippen LogP contribution in [0.4, 0.5) is 13.2 Å². The van der Waals surface area contributed by atoms with Gasteiger partial charge in [-0.15, -0.1) is 0 Å². The van der Waals surface area contributed by atoms with Gasteiger partial charge in [0, 0.05) is 23.5 Å². The molecule has 0 aromatic carbocycles. The molecule has 1 unspecified atom stereocenters. The fraction of sp³-hybridized carbons (Fsp3) is 0.667. The number of hydrogen-bond donors (Lipinski definition) is 1. The van der Waals surface area contributed by atoms with E-state index in [0.29, 0.717) is 5.56 Å². The third-order valence-corrected chi connectivity index (χ3v) is 4.28. The van der Waals surface area contributed by atoms with Crippen LogP contribution >= 0.6 is 0 Å². The molecule has 1 N–H and O–H groups in total. The van der Waals surface area contributed by atoms with Gasteiger partial charge in [-0.2, -0.15) is 13.2 Å². The lowest BCUT2D eigenvalue weighted by molar-refractivity contribution is -0.139. The van der Waals surface area contributed by atoms with E-state index in [1.165, 1.54) is 12.4 Å². The van der Waals surface area contributed by atoms with E-state index < -0.39 is 17.3 Å². The van der Waals surface area contributed by atoms with E-state index in [1.54, 1.807) is 0 Å². The minimum Gasteiger partial charge on any atom is -0.307 e. The van der Waals surface area contributed by atoms with E-state index in [9.17, 15) is 13.2 Å². The normalized spacial score (nSPS) is 24.7. The fourth-order valence-corrected chi connectivity index (χ4v) is 3.14. The second-order valence-electron chi connectivity index (χ2n) is 5.78. The summed E-state index contributed by atoms with van der Waals surface area (Å²) in [7, 11) is 0. The minimum absolute atomic E-state index is 0.0749. The van der Waals surface area contributed by atoms with Crippen LogP contribution in [0.5, 0.6) is 0 Å². The van der Waals surface area contributed by atoms with Gasteiger partial charge in [0.05, 0.1) is 5.56 Å². The maximum atomic E-state index is 13.3. The lowest BCUT2D eigenvalue weighted by Crippen LogP contribution is -2.47. The second-order valence-corrected chi connectivity index (χ2v) is 5.78. The van der Waals surface area contributed by atoms with Crippen molar-refractivity contribution in [1.29, 1.82) is 0 Å². The molecule has 0 aliphatic carbocycles. The number of rotatable bonds is 2. The quantitative estimate of drug-likeness (QED) is 0.884. The maximum absolute atomic E-state index is 13.3. The summed E-state index contributed by atoms with van der Waals surface area (Å²) >= 11 is 0. The molecule has 2 nitrogen and oxygen atoms in total. The predicted octanol–water partition coefficient (Wildman–Crippen LogP) is 4.12. The van der Waals surface area contributed by atoms with Gasteiger partial charge in [0.2, 0.25) is 0 Å². The summed E-state index contributed by atoms with van der Waals surface area (Å²) in [5.74, 6) is 0.0749. The van der Waals surface area contributed by atoms with Crippen LogP contribution in [0.2, 0.25) is 0 Å². The number of nitrogens with one attached hydrogen (secondary N) is 1. The van der Waals surface area contributed by atoms with Crippen molar-refractivity contribution in [3.63, 3.8) is 0 Å². The Kier molecular flexibility index (Phi) is 4.37. The zero-order valence-corrected chi connectivity index (χ0v) is 11.9. The molecule has 1 aromatic heterocycles. The van der Waals surface area contributed by atoms with Gasteiger partial charge in [-0.1, -0.05) is 26.7 Å². The molecule has 0 radical (unpaired) electrons. The number of nitrogens with zero attached hydrogens (tertiary/aromatic N) is 1. The molecule has 5 heteroatoms.